The quantitative estimate of drug-likeness (QED) is 0.822. The Morgan fingerprint density at radius 2 is 1.79 bits per heavy atom. The lowest BCUT2D eigenvalue weighted by Gasteiger charge is -2.13. The van der Waals surface area contributed by atoms with Crippen molar-refractivity contribution < 1.29 is 26.7 Å². The average molecular weight is 294 g/mol. The SMILES string of the molecule is Nc1cc2c(cc1NS(=O)(=O)C(F)F)OCCCO2. The molecular formula is C10H12F2N2O4S. The number of nitrogens with two attached hydrogens (primary N) is 1. The Labute approximate surface area is 108 Å². The second-order valence-corrected chi connectivity index (χ2v) is 5.49. The van der Waals surface area contributed by atoms with Gasteiger partial charge >= 0.3 is 5.76 Å². The summed E-state index contributed by atoms with van der Waals surface area (Å²) >= 11 is 0. The zero-order valence-corrected chi connectivity index (χ0v) is 10.5. The van der Waals surface area contributed by atoms with Crippen molar-refractivity contribution in [3.05, 3.63) is 12.1 Å². The number of hydrogen-bond acceptors (Lipinski definition) is 5. The van der Waals surface area contributed by atoms with Crippen molar-refractivity contribution in [1.82, 2.24) is 0 Å². The number of nitrogens with one attached hydrogen (secondary N) is 1. The summed E-state index contributed by atoms with van der Waals surface area (Å²) in [6.07, 6.45) is 0.659. The molecule has 0 saturated heterocycles. The number of hydrogen-bond donors (Lipinski definition) is 2. The van der Waals surface area contributed by atoms with Gasteiger partial charge in [-0.15, -0.1) is 0 Å². The van der Waals surface area contributed by atoms with Gasteiger partial charge in [0.05, 0.1) is 24.6 Å². The first-order chi connectivity index (χ1) is 8.90. The first-order valence-electron chi connectivity index (χ1n) is 5.39. The summed E-state index contributed by atoms with van der Waals surface area (Å²) in [5, 5.41) is 0. The molecule has 0 spiro atoms. The molecule has 0 bridgehead atoms. The van der Waals surface area contributed by atoms with Crippen molar-refractivity contribution in [2.75, 3.05) is 23.7 Å². The van der Waals surface area contributed by atoms with Gasteiger partial charge in [-0.3, -0.25) is 4.72 Å². The minimum atomic E-state index is -4.77. The molecule has 106 valence electrons. The van der Waals surface area contributed by atoms with Crippen LogP contribution < -0.4 is 19.9 Å². The number of anilines is 2. The summed E-state index contributed by atoms with van der Waals surface area (Å²) in [4.78, 5) is 0. The molecule has 0 atom stereocenters. The number of sulfonamides is 1. The maximum Gasteiger partial charge on any atom is 0.355 e. The molecule has 6 nitrogen and oxygen atoms in total. The van der Waals surface area contributed by atoms with Gasteiger partial charge in [0.2, 0.25) is 0 Å². The van der Waals surface area contributed by atoms with E-state index in [4.69, 9.17) is 15.2 Å². The van der Waals surface area contributed by atoms with Gasteiger partial charge in [-0.25, -0.2) is 8.42 Å². The van der Waals surface area contributed by atoms with Crippen LogP contribution in [0.2, 0.25) is 0 Å². The smallest absolute Gasteiger partial charge is 0.355 e. The zero-order valence-electron chi connectivity index (χ0n) is 9.73. The third kappa shape index (κ3) is 2.98. The van der Waals surface area contributed by atoms with E-state index in [-0.39, 0.29) is 17.1 Å². The van der Waals surface area contributed by atoms with Crippen LogP contribution in [0.5, 0.6) is 11.5 Å². The molecule has 1 heterocycles. The molecule has 9 heteroatoms. The Kier molecular flexibility index (Phi) is 3.65. The summed E-state index contributed by atoms with van der Waals surface area (Å²) < 4.78 is 59.1. The first kappa shape index (κ1) is 13.7. The number of halogens is 2. The highest BCUT2D eigenvalue weighted by atomic mass is 32.2. The van der Waals surface area contributed by atoms with Crippen molar-refractivity contribution in [2.45, 2.75) is 12.2 Å². The molecule has 0 aliphatic carbocycles. The molecule has 0 unspecified atom stereocenters. The number of alkyl halides is 2. The van der Waals surface area contributed by atoms with E-state index in [0.29, 0.717) is 25.4 Å². The molecule has 19 heavy (non-hydrogen) atoms. The minimum absolute atomic E-state index is 0.0199. The van der Waals surface area contributed by atoms with Crippen molar-refractivity contribution in [3.8, 4) is 11.5 Å². The second kappa shape index (κ2) is 5.08. The van der Waals surface area contributed by atoms with Gasteiger partial charge in [0.15, 0.2) is 11.5 Å². The van der Waals surface area contributed by atoms with E-state index in [9.17, 15) is 17.2 Å². The van der Waals surface area contributed by atoms with Gasteiger partial charge in [0.25, 0.3) is 10.0 Å². The Hall–Kier alpha value is -1.77. The topological polar surface area (TPSA) is 90.7 Å². The fraction of sp³-hybridized carbons (Fsp3) is 0.400. The Balaban J connectivity index is 2.35. The van der Waals surface area contributed by atoms with Crippen LogP contribution >= 0.6 is 0 Å². The molecular weight excluding hydrogens is 282 g/mol. The average Bonchev–Trinajstić information content (AvgIpc) is 2.54. The van der Waals surface area contributed by atoms with Gasteiger partial charge in [0.1, 0.15) is 0 Å². The Bertz CT molecular complexity index is 577. The molecule has 0 aromatic heterocycles. The molecule has 0 fully saturated rings. The predicted molar refractivity (Wildman–Crippen MR) is 65.0 cm³/mol. The summed E-state index contributed by atoms with van der Waals surface area (Å²) in [6.45, 7) is 0.826. The lowest BCUT2D eigenvalue weighted by Crippen LogP contribution is -2.21. The lowest BCUT2D eigenvalue weighted by molar-refractivity contribution is 0.236. The van der Waals surface area contributed by atoms with E-state index in [2.05, 4.69) is 0 Å². The molecule has 0 saturated carbocycles. The third-order valence-electron chi connectivity index (χ3n) is 2.41. The Morgan fingerprint density at radius 1 is 1.21 bits per heavy atom. The molecule has 2 rings (SSSR count). The summed E-state index contributed by atoms with van der Waals surface area (Å²) in [5.41, 5.74) is 5.41. The van der Waals surface area contributed by atoms with Gasteiger partial charge < -0.3 is 15.2 Å². The minimum Gasteiger partial charge on any atom is -0.489 e. The summed E-state index contributed by atoms with van der Waals surface area (Å²) in [7, 11) is -4.77. The van der Waals surface area contributed by atoms with Crippen LogP contribution in [0.25, 0.3) is 0 Å². The number of nitrogen functional groups attached to an aromatic ring is 1. The van der Waals surface area contributed by atoms with E-state index in [1.165, 1.54) is 12.1 Å². The number of ether oxygens (including phenoxy) is 2. The van der Waals surface area contributed by atoms with Gasteiger partial charge in [-0.1, -0.05) is 0 Å². The van der Waals surface area contributed by atoms with E-state index >= 15 is 0 Å². The fourth-order valence-electron chi connectivity index (χ4n) is 1.51. The van der Waals surface area contributed by atoms with Crippen LogP contribution in [-0.4, -0.2) is 27.4 Å². The molecule has 1 aliphatic rings. The molecule has 1 aromatic carbocycles. The van der Waals surface area contributed by atoms with Crippen LogP contribution in [-0.2, 0) is 10.0 Å². The van der Waals surface area contributed by atoms with Crippen molar-refractivity contribution in [1.29, 1.82) is 0 Å². The highest BCUT2D eigenvalue weighted by Crippen LogP contribution is 2.37. The van der Waals surface area contributed by atoms with Gasteiger partial charge in [-0.05, 0) is 0 Å². The van der Waals surface area contributed by atoms with Crippen molar-refractivity contribution in [2.24, 2.45) is 0 Å². The highest BCUT2D eigenvalue weighted by molar-refractivity contribution is 7.93. The number of rotatable bonds is 3. The van der Waals surface area contributed by atoms with Gasteiger partial charge in [0, 0.05) is 18.6 Å². The predicted octanol–water partition coefficient (Wildman–Crippen LogP) is 1.39. The zero-order chi connectivity index (χ0) is 14.0. The highest BCUT2D eigenvalue weighted by Gasteiger charge is 2.25. The largest absolute Gasteiger partial charge is 0.489 e. The standard InChI is InChI=1S/C10H12F2N2O4S/c11-10(12)19(15,16)14-7-5-9-8(4-6(7)13)17-2-1-3-18-9/h4-5,10,14H,1-3,13H2. The fourth-order valence-corrected chi connectivity index (χ4v) is 2.08. The lowest BCUT2D eigenvalue weighted by atomic mass is 10.2. The monoisotopic (exact) mass is 294 g/mol. The van der Waals surface area contributed by atoms with E-state index in [1.807, 2.05) is 0 Å². The summed E-state index contributed by atoms with van der Waals surface area (Å²) in [6, 6.07) is 2.57. The maximum atomic E-state index is 12.3. The summed E-state index contributed by atoms with van der Waals surface area (Å²) in [5.74, 6) is -2.92. The van der Waals surface area contributed by atoms with Crippen LogP contribution in [0, 0.1) is 0 Å². The maximum absolute atomic E-state index is 12.3. The Morgan fingerprint density at radius 3 is 2.37 bits per heavy atom. The number of benzene rings is 1. The molecule has 1 aromatic rings. The molecule has 0 amide bonds. The molecule has 1 aliphatic heterocycles. The van der Waals surface area contributed by atoms with Gasteiger partial charge in [-0.2, -0.15) is 8.78 Å². The van der Waals surface area contributed by atoms with Crippen LogP contribution in [0.15, 0.2) is 12.1 Å². The van der Waals surface area contributed by atoms with E-state index in [1.54, 1.807) is 4.72 Å². The van der Waals surface area contributed by atoms with Crippen LogP contribution in [0.1, 0.15) is 6.42 Å². The van der Waals surface area contributed by atoms with Crippen molar-refractivity contribution >= 4 is 21.4 Å². The van der Waals surface area contributed by atoms with Crippen LogP contribution in [0.3, 0.4) is 0 Å². The first-order valence-corrected chi connectivity index (χ1v) is 6.93. The van der Waals surface area contributed by atoms with E-state index in [0.717, 1.165) is 0 Å². The van der Waals surface area contributed by atoms with Crippen LogP contribution in [0.4, 0.5) is 20.2 Å². The molecule has 0 radical (unpaired) electrons. The molecule has 3 N–H and O–H groups in total. The van der Waals surface area contributed by atoms with E-state index < -0.39 is 15.8 Å². The number of fused-ring (bicyclic) bond motifs is 1. The second-order valence-electron chi connectivity index (χ2n) is 3.84. The third-order valence-corrected chi connectivity index (χ3v) is 3.38. The van der Waals surface area contributed by atoms with Crippen molar-refractivity contribution in [3.63, 3.8) is 0 Å². The normalized spacial score (nSPS) is 15.1.